The van der Waals surface area contributed by atoms with Crippen LogP contribution in [0.15, 0.2) is 18.2 Å². The monoisotopic (exact) mass is 385 g/mol. The molecule has 2 amide bonds. The van der Waals surface area contributed by atoms with Gasteiger partial charge in [-0.15, -0.1) is 0 Å². The van der Waals surface area contributed by atoms with E-state index in [2.05, 4.69) is 17.1 Å². The molecular formula is C22H31N3O3. The quantitative estimate of drug-likeness (QED) is 0.694. The van der Waals surface area contributed by atoms with Gasteiger partial charge >= 0.3 is 0 Å². The smallest absolute Gasteiger partial charge is 0.239 e. The Hall–Kier alpha value is -2.08. The van der Waals surface area contributed by atoms with E-state index in [-0.39, 0.29) is 17.1 Å². The Morgan fingerprint density at radius 2 is 2.14 bits per heavy atom. The summed E-state index contributed by atoms with van der Waals surface area (Å²) in [5.74, 6) is 0.695. The van der Waals surface area contributed by atoms with Gasteiger partial charge in [0, 0.05) is 24.4 Å². The molecule has 6 heteroatoms. The number of carbonyl (C=O) groups excluding carboxylic acids is 2. The fourth-order valence-electron chi connectivity index (χ4n) is 5.39. The SMILES string of the molecule is C[C@H](NC(=O)C[C@@]12CCN(CC3CC3)C(Cc3ccc(O)cc31)[C@@H]2C)C(N)=O. The number of phenolic OH excluding ortho intramolecular Hbond substituents is 1. The maximum absolute atomic E-state index is 12.8. The molecule has 6 nitrogen and oxygen atoms in total. The lowest BCUT2D eigenvalue weighted by Crippen LogP contribution is -2.60. The van der Waals surface area contributed by atoms with Crippen molar-refractivity contribution < 1.29 is 14.7 Å². The first-order valence-corrected chi connectivity index (χ1v) is 10.5. The second kappa shape index (κ2) is 7.07. The van der Waals surface area contributed by atoms with Gasteiger partial charge < -0.3 is 16.2 Å². The van der Waals surface area contributed by atoms with Crippen LogP contribution in [0, 0.1) is 11.8 Å². The van der Waals surface area contributed by atoms with Crippen LogP contribution in [-0.2, 0) is 21.4 Å². The summed E-state index contributed by atoms with van der Waals surface area (Å²) in [6.45, 7) is 5.99. The third kappa shape index (κ3) is 3.39. The molecular weight excluding hydrogens is 354 g/mol. The van der Waals surface area contributed by atoms with Crippen molar-refractivity contribution in [1.82, 2.24) is 10.2 Å². The zero-order chi connectivity index (χ0) is 20.1. The molecule has 0 radical (unpaired) electrons. The van der Waals surface area contributed by atoms with E-state index in [1.807, 2.05) is 12.1 Å². The summed E-state index contributed by atoms with van der Waals surface area (Å²) in [6.07, 6.45) is 4.83. The minimum Gasteiger partial charge on any atom is -0.508 e. The van der Waals surface area contributed by atoms with Crippen molar-refractivity contribution in [2.45, 2.75) is 63.5 Å². The predicted molar refractivity (Wildman–Crippen MR) is 107 cm³/mol. The molecule has 2 aliphatic carbocycles. The van der Waals surface area contributed by atoms with Crippen molar-refractivity contribution in [3.05, 3.63) is 29.3 Å². The van der Waals surface area contributed by atoms with Gasteiger partial charge in [-0.05, 0) is 74.2 Å². The number of aromatic hydroxyl groups is 1. The van der Waals surface area contributed by atoms with Crippen molar-refractivity contribution in [3.63, 3.8) is 0 Å². The van der Waals surface area contributed by atoms with Crippen LogP contribution in [0.4, 0.5) is 0 Å². The van der Waals surface area contributed by atoms with E-state index >= 15 is 0 Å². The third-order valence-electron chi connectivity index (χ3n) is 7.29. The summed E-state index contributed by atoms with van der Waals surface area (Å²) in [6, 6.07) is 5.34. The van der Waals surface area contributed by atoms with Crippen LogP contribution in [0.5, 0.6) is 5.75 Å². The predicted octanol–water partition coefficient (Wildman–Crippen LogP) is 1.69. The van der Waals surface area contributed by atoms with Gasteiger partial charge in [-0.25, -0.2) is 0 Å². The molecule has 1 aliphatic heterocycles. The Bertz CT molecular complexity index is 791. The third-order valence-corrected chi connectivity index (χ3v) is 7.29. The van der Waals surface area contributed by atoms with Gasteiger partial charge in [0.1, 0.15) is 11.8 Å². The number of hydrogen-bond donors (Lipinski definition) is 3. The van der Waals surface area contributed by atoms with E-state index in [4.69, 9.17) is 5.73 Å². The number of nitrogens with zero attached hydrogens (tertiary/aromatic N) is 1. The number of primary amides is 1. The van der Waals surface area contributed by atoms with E-state index in [0.29, 0.717) is 18.4 Å². The summed E-state index contributed by atoms with van der Waals surface area (Å²) in [4.78, 5) is 26.8. The number of piperidine rings is 1. The van der Waals surface area contributed by atoms with Gasteiger partial charge in [0.25, 0.3) is 0 Å². The minimum absolute atomic E-state index is 0.149. The number of phenols is 1. The zero-order valence-corrected chi connectivity index (χ0v) is 16.8. The Kier molecular flexibility index (Phi) is 4.86. The van der Waals surface area contributed by atoms with Crippen LogP contribution >= 0.6 is 0 Å². The Balaban J connectivity index is 1.65. The van der Waals surface area contributed by atoms with Crippen molar-refractivity contribution >= 4 is 11.8 Å². The number of likely N-dealkylation sites (tertiary alicyclic amines) is 1. The number of nitrogens with two attached hydrogens (primary N) is 1. The summed E-state index contributed by atoms with van der Waals surface area (Å²) in [5, 5.41) is 12.9. The first kappa shape index (κ1) is 19.2. The molecule has 1 heterocycles. The second-order valence-electron chi connectivity index (χ2n) is 9.11. The summed E-state index contributed by atoms with van der Waals surface area (Å²) < 4.78 is 0. The number of rotatable bonds is 6. The number of carbonyl (C=O) groups is 2. The number of nitrogens with one attached hydrogen (secondary N) is 1. The van der Waals surface area contributed by atoms with Crippen LogP contribution in [-0.4, -0.2) is 47.0 Å². The van der Waals surface area contributed by atoms with Crippen molar-refractivity contribution in [3.8, 4) is 5.75 Å². The fourth-order valence-corrected chi connectivity index (χ4v) is 5.39. The van der Waals surface area contributed by atoms with Gasteiger partial charge in [-0.1, -0.05) is 13.0 Å². The first-order valence-electron chi connectivity index (χ1n) is 10.5. The number of amides is 2. The van der Waals surface area contributed by atoms with Gasteiger partial charge in [-0.3, -0.25) is 14.5 Å². The topological polar surface area (TPSA) is 95.7 Å². The van der Waals surface area contributed by atoms with E-state index in [9.17, 15) is 14.7 Å². The molecule has 152 valence electrons. The van der Waals surface area contributed by atoms with Crippen LogP contribution in [0.25, 0.3) is 0 Å². The second-order valence-corrected chi connectivity index (χ2v) is 9.11. The molecule has 0 aromatic heterocycles. The molecule has 4 N–H and O–H groups in total. The van der Waals surface area contributed by atoms with Gasteiger partial charge in [0.15, 0.2) is 0 Å². The highest BCUT2D eigenvalue weighted by Crippen LogP contribution is 2.52. The Morgan fingerprint density at radius 1 is 1.39 bits per heavy atom. The van der Waals surface area contributed by atoms with Crippen LogP contribution in [0.1, 0.15) is 50.7 Å². The van der Waals surface area contributed by atoms with Crippen LogP contribution in [0.2, 0.25) is 0 Å². The molecule has 2 bridgehead atoms. The maximum atomic E-state index is 12.8. The maximum Gasteiger partial charge on any atom is 0.239 e. The Labute approximate surface area is 166 Å². The molecule has 1 aromatic carbocycles. The Morgan fingerprint density at radius 3 is 2.82 bits per heavy atom. The van der Waals surface area contributed by atoms with Crippen molar-refractivity contribution in [1.29, 1.82) is 0 Å². The first-order chi connectivity index (χ1) is 13.3. The molecule has 1 aromatic rings. The largest absolute Gasteiger partial charge is 0.508 e. The lowest BCUT2D eigenvalue weighted by atomic mass is 9.56. The van der Waals surface area contributed by atoms with Crippen LogP contribution in [0.3, 0.4) is 0 Å². The van der Waals surface area contributed by atoms with Gasteiger partial charge in [0.2, 0.25) is 11.8 Å². The average Bonchev–Trinajstić information content (AvgIpc) is 3.44. The lowest BCUT2D eigenvalue weighted by molar-refractivity contribution is -0.129. The fraction of sp³-hybridized carbons (Fsp3) is 0.636. The van der Waals surface area contributed by atoms with E-state index < -0.39 is 11.9 Å². The highest BCUT2D eigenvalue weighted by atomic mass is 16.3. The molecule has 28 heavy (non-hydrogen) atoms. The molecule has 1 saturated heterocycles. The number of benzene rings is 1. The molecule has 1 saturated carbocycles. The van der Waals surface area contributed by atoms with Gasteiger partial charge in [-0.2, -0.15) is 0 Å². The molecule has 2 fully saturated rings. The highest BCUT2D eigenvalue weighted by molar-refractivity contribution is 5.86. The van der Waals surface area contributed by atoms with E-state index in [1.54, 1.807) is 13.0 Å². The molecule has 4 rings (SSSR count). The lowest BCUT2D eigenvalue weighted by Gasteiger charge is -2.56. The zero-order valence-electron chi connectivity index (χ0n) is 16.8. The average molecular weight is 386 g/mol. The van der Waals surface area contributed by atoms with E-state index in [0.717, 1.165) is 37.4 Å². The minimum atomic E-state index is -0.683. The summed E-state index contributed by atoms with van der Waals surface area (Å²) in [7, 11) is 0. The molecule has 4 atom stereocenters. The van der Waals surface area contributed by atoms with Crippen molar-refractivity contribution in [2.24, 2.45) is 17.6 Å². The number of hydrogen-bond acceptors (Lipinski definition) is 4. The van der Waals surface area contributed by atoms with Gasteiger partial charge in [0.05, 0.1) is 0 Å². The molecule has 1 unspecified atom stereocenters. The normalized spacial score (nSPS) is 30.4. The standard InChI is InChI=1S/C22H31N3O3/c1-13-19-9-16-5-6-17(26)10-18(16)22(13,7-8-25(19)12-15-3-4-15)11-20(27)24-14(2)21(23)28/h5-6,10,13-15,19,26H,3-4,7-9,11-12H2,1-2H3,(H2,23,28)(H,24,27)/t13-,14-,19?,22+/m0/s1. The summed E-state index contributed by atoms with van der Waals surface area (Å²) in [5.41, 5.74) is 7.33. The van der Waals surface area contributed by atoms with E-state index in [1.165, 1.54) is 18.4 Å². The van der Waals surface area contributed by atoms with Crippen molar-refractivity contribution in [2.75, 3.05) is 13.1 Å². The number of fused-ring (bicyclic) bond motifs is 4. The molecule has 3 aliphatic rings. The van der Waals surface area contributed by atoms with Crippen LogP contribution < -0.4 is 11.1 Å². The highest BCUT2D eigenvalue weighted by Gasteiger charge is 2.52. The molecule has 0 spiro atoms. The summed E-state index contributed by atoms with van der Waals surface area (Å²) >= 11 is 0.